The minimum Gasteiger partial charge on any atom is -0.339 e. The molecule has 2 N–H and O–H groups in total. The maximum Gasteiger partial charge on any atom is 0.244 e. The van der Waals surface area contributed by atoms with Crippen molar-refractivity contribution in [1.82, 2.24) is 9.80 Å². The normalized spacial score (nSPS) is 25.9. The summed E-state index contributed by atoms with van der Waals surface area (Å²) in [6.07, 6.45) is 3.71. The van der Waals surface area contributed by atoms with Gasteiger partial charge in [-0.25, -0.2) is 0 Å². The monoisotopic (exact) mass is 279 g/mol. The van der Waals surface area contributed by atoms with E-state index in [1.54, 1.807) is 11.3 Å². The van der Waals surface area contributed by atoms with Gasteiger partial charge in [0.15, 0.2) is 0 Å². The number of likely N-dealkylation sites (tertiary alicyclic amines) is 2. The molecule has 0 spiro atoms. The number of nitrogens with two attached hydrogens (primary N) is 1. The lowest BCUT2D eigenvalue weighted by atomic mass is 10.2. The Kier molecular flexibility index (Phi) is 3.86. The second kappa shape index (κ2) is 5.61. The van der Waals surface area contributed by atoms with E-state index >= 15 is 0 Å². The van der Waals surface area contributed by atoms with Gasteiger partial charge in [0, 0.05) is 24.0 Å². The van der Waals surface area contributed by atoms with Gasteiger partial charge < -0.3 is 10.6 Å². The topological polar surface area (TPSA) is 49.6 Å². The van der Waals surface area contributed by atoms with Gasteiger partial charge in [-0.2, -0.15) is 0 Å². The average Bonchev–Trinajstić information content (AvgIpc) is 3.16. The summed E-state index contributed by atoms with van der Waals surface area (Å²) in [5.74, 6) is 0.0872. The van der Waals surface area contributed by atoms with Crippen molar-refractivity contribution in [3.63, 3.8) is 0 Å². The van der Waals surface area contributed by atoms with Crippen LogP contribution >= 0.6 is 11.3 Å². The number of amides is 1. The first-order chi connectivity index (χ1) is 9.25. The standard InChI is InChI=1S/C14H21N3OS/c15-13(12-4-3-9-19-12)14(18)17-8-5-11(10-17)16-6-1-2-7-16/h3-4,9,11,13H,1-2,5-8,10,15H2. The molecule has 104 valence electrons. The molecule has 0 bridgehead atoms. The Hall–Kier alpha value is -0.910. The predicted molar refractivity (Wildman–Crippen MR) is 77.0 cm³/mol. The van der Waals surface area contributed by atoms with Gasteiger partial charge in [0.25, 0.3) is 0 Å². The van der Waals surface area contributed by atoms with Crippen molar-refractivity contribution in [2.24, 2.45) is 5.73 Å². The van der Waals surface area contributed by atoms with Crippen LogP contribution in [0.5, 0.6) is 0 Å². The van der Waals surface area contributed by atoms with E-state index in [0.717, 1.165) is 24.4 Å². The van der Waals surface area contributed by atoms with Gasteiger partial charge in [0.05, 0.1) is 0 Å². The van der Waals surface area contributed by atoms with Crippen molar-refractivity contribution in [3.8, 4) is 0 Å². The van der Waals surface area contributed by atoms with Crippen LogP contribution in [0.15, 0.2) is 17.5 Å². The van der Waals surface area contributed by atoms with Gasteiger partial charge in [-0.15, -0.1) is 11.3 Å². The van der Waals surface area contributed by atoms with E-state index < -0.39 is 6.04 Å². The van der Waals surface area contributed by atoms with E-state index in [9.17, 15) is 4.79 Å². The quantitative estimate of drug-likeness (QED) is 0.911. The number of hydrogen-bond acceptors (Lipinski definition) is 4. The zero-order valence-electron chi connectivity index (χ0n) is 11.1. The number of hydrogen-bond donors (Lipinski definition) is 1. The van der Waals surface area contributed by atoms with Crippen LogP contribution in [0.1, 0.15) is 30.2 Å². The molecular weight excluding hydrogens is 258 g/mol. The number of thiophene rings is 1. The Morgan fingerprint density at radius 2 is 2.16 bits per heavy atom. The second-order valence-electron chi connectivity index (χ2n) is 5.46. The smallest absolute Gasteiger partial charge is 0.244 e. The Morgan fingerprint density at radius 3 is 2.84 bits per heavy atom. The third-order valence-electron chi connectivity index (χ3n) is 4.25. The van der Waals surface area contributed by atoms with Gasteiger partial charge in [0.1, 0.15) is 6.04 Å². The molecule has 3 heterocycles. The summed E-state index contributed by atoms with van der Waals surface area (Å²) in [6, 6.07) is 3.98. The molecule has 2 fully saturated rings. The van der Waals surface area contributed by atoms with Crippen LogP contribution < -0.4 is 5.73 Å². The molecule has 3 rings (SSSR count). The van der Waals surface area contributed by atoms with Crippen LogP contribution in [0, 0.1) is 0 Å². The lowest BCUT2D eigenvalue weighted by Crippen LogP contribution is -2.40. The summed E-state index contributed by atoms with van der Waals surface area (Å²) in [4.78, 5) is 17.8. The summed E-state index contributed by atoms with van der Waals surface area (Å²) in [6.45, 7) is 4.12. The molecular formula is C14H21N3OS. The van der Waals surface area contributed by atoms with Crippen LogP contribution in [0.2, 0.25) is 0 Å². The van der Waals surface area contributed by atoms with Crippen LogP contribution in [-0.4, -0.2) is 47.9 Å². The number of carbonyl (C=O) groups is 1. The molecule has 2 aliphatic heterocycles. The fourth-order valence-corrected chi connectivity index (χ4v) is 3.85. The first-order valence-corrected chi connectivity index (χ1v) is 7.95. The number of nitrogens with zero attached hydrogens (tertiary/aromatic N) is 2. The lowest BCUT2D eigenvalue weighted by Gasteiger charge is -2.24. The lowest BCUT2D eigenvalue weighted by molar-refractivity contribution is -0.131. The molecule has 1 aromatic heterocycles. The van der Waals surface area contributed by atoms with Crippen molar-refractivity contribution < 1.29 is 4.79 Å². The highest BCUT2D eigenvalue weighted by atomic mass is 32.1. The number of rotatable bonds is 3. The molecule has 2 saturated heterocycles. The third kappa shape index (κ3) is 2.68. The summed E-state index contributed by atoms with van der Waals surface area (Å²) in [5.41, 5.74) is 6.07. The summed E-state index contributed by atoms with van der Waals surface area (Å²) in [5, 5.41) is 1.97. The first kappa shape index (κ1) is 13.1. The van der Waals surface area contributed by atoms with Gasteiger partial charge in [-0.1, -0.05) is 6.07 Å². The van der Waals surface area contributed by atoms with Crippen LogP contribution in [-0.2, 0) is 4.79 Å². The van der Waals surface area contributed by atoms with E-state index in [1.165, 1.54) is 25.9 Å². The third-order valence-corrected chi connectivity index (χ3v) is 5.20. The maximum absolute atomic E-state index is 12.4. The minimum absolute atomic E-state index is 0.0872. The molecule has 0 aromatic carbocycles. The molecule has 0 saturated carbocycles. The first-order valence-electron chi connectivity index (χ1n) is 7.07. The fourth-order valence-electron chi connectivity index (χ4n) is 3.13. The minimum atomic E-state index is -0.475. The zero-order valence-corrected chi connectivity index (χ0v) is 11.9. The Labute approximate surface area is 118 Å². The zero-order chi connectivity index (χ0) is 13.2. The molecule has 2 atom stereocenters. The van der Waals surface area contributed by atoms with Crippen LogP contribution in [0.4, 0.5) is 0 Å². The molecule has 2 unspecified atom stereocenters. The van der Waals surface area contributed by atoms with Crippen molar-refractivity contribution in [2.45, 2.75) is 31.3 Å². The van der Waals surface area contributed by atoms with Gasteiger partial charge in [-0.3, -0.25) is 9.69 Å². The van der Waals surface area contributed by atoms with Gasteiger partial charge >= 0.3 is 0 Å². The van der Waals surface area contributed by atoms with E-state index in [4.69, 9.17) is 5.73 Å². The molecule has 4 nitrogen and oxygen atoms in total. The molecule has 19 heavy (non-hydrogen) atoms. The highest BCUT2D eigenvalue weighted by molar-refractivity contribution is 7.10. The van der Waals surface area contributed by atoms with Gasteiger partial charge in [-0.05, 0) is 43.8 Å². The van der Waals surface area contributed by atoms with Crippen LogP contribution in [0.3, 0.4) is 0 Å². The fraction of sp³-hybridized carbons (Fsp3) is 0.643. The average molecular weight is 279 g/mol. The Morgan fingerprint density at radius 1 is 1.37 bits per heavy atom. The van der Waals surface area contributed by atoms with E-state index in [-0.39, 0.29) is 5.91 Å². The molecule has 5 heteroatoms. The van der Waals surface area contributed by atoms with E-state index in [2.05, 4.69) is 4.90 Å². The molecule has 1 amide bonds. The summed E-state index contributed by atoms with van der Waals surface area (Å²) < 4.78 is 0. The maximum atomic E-state index is 12.4. The molecule has 2 aliphatic rings. The van der Waals surface area contributed by atoms with Crippen molar-refractivity contribution in [2.75, 3.05) is 26.2 Å². The predicted octanol–water partition coefficient (Wildman–Crippen LogP) is 1.44. The van der Waals surface area contributed by atoms with E-state index in [0.29, 0.717) is 6.04 Å². The second-order valence-corrected chi connectivity index (χ2v) is 6.44. The van der Waals surface area contributed by atoms with Crippen molar-refractivity contribution in [3.05, 3.63) is 22.4 Å². The molecule has 0 aliphatic carbocycles. The Bertz CT molecular complexity index is 428. The molecule has 0 radical (unpaired) electrons. The largest absolute Gasteiger partial charge is 0.339 e. The van der Waals surface area contributed by atoms with Crippen molar-refractivity contribution in [1.29, 1.82) is 0 Å². The van der Waals surface area contributed by atoms with Crippen LogP contribution in [0.25, 0.3) is 0 Å². The van der Waals surface area contributed by atoms with E-state index in [1.807, 2.05) is 22.4 Å². The summed E-state index contributed by atoms with van der Waals surface area (Å²) >= 11 is 1.56. The Balaban J connectivity index is 1.59. The SMILES string of the molecule is NC(C(=O)N1CCC(N2CCCC2)C1)c1cccs1. The number of carbonyl (C=O) groups excluding carboxylic acids is 1. The van der Waals surface area contributed by atoms with Gasteiger partial charge in [0.2, 0.25) is 5.91 Å². The summed E-state index contributed by atoms with van der Waals surface area (Å²) in [7, 11) is 0. The molecule has 1 aromatic rings. The highest BCUT2D eigenvalue weighted by Gasteiger charge is 2.33. The highest BCUT2D eigenvalue weighted by Crippen LogP contribution is 2.24. The van der Waals surface area contributed by atoms with Crippen molar-refractivity contribution >= 4 is 17.2 Å².